The van der Waals surface area contributed by atoms with E-state index in [4.69, 9.17) is 20.8 Å². The number of carbonyl (C=O) groups is 1. The number of nitrogens with zero attached hydrogens (tertiary/aromatic N) is 2. The molecule has 0 unspecified atom stereocenters. The number of rotatable bonds is 6. The fraction of sp³-hybridized carbons (Fsp3) is 0.292. The summed E-state index contributed by atoms with van der Waals surface area (Å²) in [6.45, 7) is 3.07. The molecule has 1 aliphatic heterocycles. The molecule has 1 aromatic heterocycles. The number of ether oxygens (including phenoxy) is 1. The molecule has 6 heteroatoms. The number of benzene rings is 2. The highest BCUT2D eigenvalue weighted by molar-refractivity contribution is 6.30. The quantitative estimate of drug-likeness (QED) is 0.565. The second kappa shape index (κ2) is 9.26. The third-order valence-corrected chi connectivity index (χ3v) is 5.66. The zero-order chi connectivity index (χ0) is 20.9. The Morgan fingerprint density at radius 2 is 1.80 bits per heavy atom. The summed E-state index contributed by atoms with van der Waals surface area (Å²) in [6, 6.07) is 19.5. The Labute approximate surface area is 181 Å². The predicted molar refractivity (Wildman–Crippen MR) is 119 cm³/mol. The van der Waals surface area contributed by atoms with Crippen LogP contribution in [0, 0.1) is 0 Å². The van der Waals surface area contributed by atoms with Gasteiger partial charge in [0.15, 0.2) is 0 Å². The molecule has 1 saturated heterocycles. The van der Waals surface area contributed by atoms with E-state index >= 15 is 0 Å². The van der Waals surface area contributed by atoms with Crippen LogP contribution in [0.25, 0.3) is 11.3 Å². The molecule has 1 fully saturated rings. The number of anilines is 1. The first kappa shape index (κ1) is 20.4. The lowest BCUT2D eigenvalue weighted by molar-refractivity contribution is -0.131. The second-order valence-electron chi connectivity index (χ2n) is 7.34. The summed E-state index contributed by atoms with van der Waals surface area (Å²) in [4.78, 5) is 16.9. The van der Waals surface area contributed by atoms with Crippen LogP contribution < -0.4 is 9.64 Å². The van der Waals surface area contributed by atoms with Crippen molar-refractivity contribution in [3.05, 3.63) is 71.4 Å². The van der Waals surface area contributed by atoms with Crippen LogP contribution in [0.4, 0.5) is 5.69 Å². The molecule has 0 atom stereocenters. The maximum absolute atomic E-state index is 12.6. The number of amides is 1. The van der Waals surface area contributed by atoms with Gasteiger partial charge in [-0.3, -0.25) is 4.79 Å². The van der Waals surface area contributed by atoms with Crippen molar-refractivity contribution in [2.75, 3.05) is 38.2 Å². The van der Waals surface area contributed by atoms with Gasteiger partial charge >= 0.3 is 0 Å². The standard InChI is InChI=1S/C24H25ClN2O3/c1-29-21-7-5-18(6-8-21)23-11-9-22(30-23)10-12-24(28)27-15-13-26(14-16-27)20-4-2-3-19(25)17-20/h2-9,11,17H,10,12-16H2,1H3. The Morgan fingerprint density at radius 3 is 2.50 bits per heavy atom. The third kappa shape index (κ3) is 4.79. The Balaban J connectivity index is 1.27. The molecule has 0 spiro atoms. The maximum atomic E-state index is 12.6. The van der Waals surface area contributed by atoms with Gasteiger partial charge in [-0.25, -0.2) is 0 Å². The van der Waals surface area contributed by atoms with Gasteiger partial charge in [0.2, 0.25) is 5.91 Å². The van der Waals surface area contributed by atoms with E-state index in [0.29, 0.717) is 12.8 Å². The van der Waals surface area contributed by atoms with Crippen molar-refractivity contribution in [3.63, 3.8) is 0 Å². The van der Waals surface area contributed by atoms with Crippen LogP contribution in [0.15, 0.2) is 65.1 Å². The van der Waals surface area contributed by atoms with Crippen LogP contribution in [-0.4, -0.2) is 44.1 Å². The maximum Gasteiger partial charge on any atom is 0.223 e. The number of piperazine rings is 1. The van der Waals surface area contributed by atoms with Crippen molar-refractivity contribution in [2.45, 2.75) is 12.8 Å². The van der Waals surface area contributed by atoms with Gasteiger partial charge in [-0.2, -0.15) is 0 Å². The monoisotopic (exact) mass is 424 g/mol. The third-order valence-electron chi connectivity index (χ3n) is 5.43. The molecule has 156 valence electrons. The minimum Gasteiger partial charge on any atom is -0.497 e. The lowest BCUT2D eigenvalue weighted by Gasteiger charge is -2.36. The Kier molecular flexibility index (Phi) is 6.29. The lowest BCUT2D eigenvalue weighted by Crippen LogP contribution is -2.48. The molecule has 0 N–H and O–H groups in total. The summed E-state index contributed by atoms with van der Waals surface area (Å²) >= 11 is 6.09. The summed E-state index contributed by atoms with van der Waals surface area (Å²) in [5.74, 6) is 2.61. The average molecular weight is 425 g/mol. The van der Waals surface area contributed by atoms with E-state index in [1.54, 1.807) is 7.11 Å². The number of hydrogen-bond acceptors (Lipinski definition) is 4. The SMILES string of the molecule is COc1ccc(-c2ccc(CCC(=O)N3CCN(c4cccc(Cl)c4)CC3)o2)cc1. The lowest BCUT2D eigenvalue weighted by atomic mass is 10.1. The summed E-state index contributed by atoms with van der Waals surface area (Å²) in [5.41, 5.74) is 2.10. The fourth-order valence-corrected chi connectivity index (χ4v) is 3.88. The van der Waals surface area contributed by atoms with Gasteiger partial charge in [-0.1, -0.05) is 17.7 Å². The van der Waals surface area contributed by atoms with Crippen LogP contribution in [0.5, 0.6) is 5.75 Å². The van der Waals surface area contributed by atoms with E-state index in [-0.39, 0.29) is 5.91 Å². The van der Waals surface area contributed by atoms with Gasteiger partial charge in [0, 0.05) is 55.3 Å². The molecule has 30 heavy (non-hydrogen) atoms. The number of aryl methyl sites for hydroxylation is 1. The Hall–Kier alpha value is -2.92. The molecule has 1 amide bonds. The van der Waals surface area contributed by atoms with Crippen molar-refractivity contribution in [3.8, 4) is 17.1 Å². The first-order chi connectivity index (χ1) is 14.6. The highest BCUT2D eigenvalue weighted by atomic mass is 35.5. The predicted octanol–water partition coefficient (Wildman–Crippen LogP) is 4.89. The topological polar surface area (TPSA) is 45.9 Å². The smallest absolute Gasteiger partial charge is 0.223 e. The summed E-state index contributed by atoms with van der Waals surface area (Å²) in [6.07, 6.45) is 1.05. The molecule has 1 aliphatic rings. The van der Waals surface area contributed by atoms with E-state index in [2.05, 4.69) is 11.0 Å². The minimum absolute atomic E-state index is 0.170. The molecule has 2 aromatic carbocycles. The number of furan rings is 1. The zero-order valence-electron chi connectivity index (χ0n) is 17.0. The Bertz CT molecular complexity index is 992. The molecular weight excluding hydrogens is 400 g/mol. The average Bonchev–Trinajstić information content (AvgIpc) is 3.27. The van der Waals surface area contributed by atoms with E-state index in [1.165, 1.54) is 0 Å². The van der Waals surface area contributed by atoms with Crippen LogP contribution in [0.3, 0.4) is 0 Å². The van der Waals surface area contributed by atoms with Gasteiger partial charge in [-0.05, 0) is 54.6 Å². The van der Waals surface area contributed by atoms with E-state index < -0.39 is 0 Å². The minimum atomic E-state index is 0.170. The number of hydrogen-bond donors (Lipinski definition) is 0. The molecule has 0 saturated carbocycles. The highest BCUT2D eigenvalue weighted by Gasteiger charge is 2.21. The fourth-order valence-electron chi connectivity index (χ4n) is 3.70. The van der Waals surface area contributed by atoms with Crippen molar-refractivity contribution >= 4 is 23.2 Å². The second-order valence-corrected chi connectivity index (χ2v) is 7.78. The van der Waals surface area contributed by atoms with Gasteiger partial charge in [0.05, 0.1) is 7.11 Å². The molecule has 3 aromatic rings. The van der Waals surface area contributed by atoms with Crippen LogP contribution in [0.2, 0.25) is 5.02 Å². The van der Waals surface area contributed by atoms with Crippen molar-refractivity contribution in [2.24, 2.45) is 0 Å². The van der Waals surface area contributed by atoms with E-state index in [0.717, 1.165) is 59.7 Å². The molecule has 5 nitrogen and oxygen atoms in total. The summed E-state index contributed by atoms with van der Waals surface area (Å²) in [5, 5.41) is 0.735. The van der Waals surface area contributed by atoms with Gasteiger partial charge in [0.25, 0.3) is 0 Å². The molecule has 2 heterocycles. The first-order valence-electron chi connectivity index (χ1n) is 10.1. The van der Waals surface area contributed by atoms with Gasteiger partial charge in [-0.15, -0.1) is 0 Å². The van der Waals surface area contributed by atoms with Crippen molar-refractivity contribution in [1.82, 2.24) is 4.90 Å². The highest BCUT2D eigenvalue weighted by Crippen LogP contribution is 2.25. The molecule has 4 rings (SSSR count). The number of halogens is 1. The normalized spacial score (nSPS) is 14.1. The number of methoxy groups -OCH3 is 1. The zero-order valence-corrected chi connectivity index (χ0v) is 17.8. The van der Waals surface area contributed by atoms with Crippen molar-refractivity contribution < 1.29 is 13.9 Å². The largest absolute Gasteiger partial charge is 0.497 e. The molecule has 0 bridgehead atoms. The van der Waals surface area contributed by atoms with E-state index in [1.807, 2.05) is 59.5 Å². The Morgan fingerprint density at radius 1 is 1.03 bits per heavy atom. The van der Waals surface area contributed by atoms with Crippen LogP contribution in [-0.2, 0) is 11.2 Å². The summed E-state index contributed by atoms with van der Waals surface area (Å²) < 4.78 is 11.1. The van der Waals surface area contributed by atoms with Crippen molar-refractivity contribution in [1.29, 1.82) is 0 Å². The molecule has 0 aliphatic carbocycles. The summed E-state index contributed by atoms with van der Waals surface area (Å²) in [7, 11) is 1.65. The van der Waals surface area contributed by atoms with E-state index in [9.17, 15) is 4.79 Å². The number of carbonyl (C=O) groups excluding carboxylic acids is 1. The van der Waals surface area contributed by atoms with Gasteiger partial charge < -0.3 is 19.0 Å². The van der Waals surface area contributed by atoms with Gasteiger partial charge in [0.1, 0.15) is 17.3 Å². The molecule has 0 radical (unpaired) electrons. The first-order valence-corrected chi connectivity index (χ1v) is 10.5. The van der Waals surface area contributed by atoms with Crippen LogP contribution in [0.1, 0.15) is 12.2 Å². The van der Waals surface area contributed by atoms with Crippen LogP contribution >= 0.6 is 11.6 Å². The molecular formula is C24H25ClN2O3.